The number of para-hydroxylation sites is 1. The maximum atomic E-state index is 12.1. The molecular formula is C16H20N2O3S2. The van der Waals surface area contributed by atoms with E-state index in [1.54, 1.807) is 11.3 Å². The molecule has 0 saturated carbocycles. The number of esters is 1. The van der Waals surface area contributed by atoms with Crippen LogP contribution in [0.1, 0.15) is 20.3 Å². The number of aromatic nitrogens is 1. The Labute approximate surface area is 143 Å². The van der Waals surface area contributed by atoms with Crippen LogP contribution < -0.4 is 5.32 Å². The predicted octanol–water partition coefficient (Wildman–Crippen LogP) is 3.09. The number of thioether (sulfide) groups is 1. The molecule has 1 aromatic heterocycles. The maximum absolute atomic E-state index is 12.1. The normalized spacial score (nSPS) is 12.3. The molecule has 7 heteroatoms. The molecule has 0 radical (unpaired) electrons. The summed E-state index contributed by atoms with van der Waals surface area (Å²) in [5.74, 6) is -0.0792. The van der Waals surface area contributed by atoms with Crippen LogP contribution in [-0.2, 0) is 14.3 Å². The van der Waals surface area contributed by atoms with Crippen LogP contribution in [0.15, 0.2) is 28.6 Å². The van der Waals surface area contributed by atoms with Crippen LogP contribution in [0.4, 0.5) is 0 Å². The zero-order valence-electron chi connectivity index (χ0n) is 13.4. The molecule has 1 unspecified atom stereocenters. The second-order valence-corrected chi connectivity index (χ2v) is 7.76. The molecule has 1 N–H and O–H groups in total. The van der Waals surface area contributed by atoms with Gasteiger partial charge in [-0.1, -0.05) is 37.7 Å². The largest absolute Gasteiger partial charge is 0.467 e. The number of nitrogens with one attached hydrogen (secondary N) is 1. The lowest BCUT2D eigenvalue weighted by molar-refractivity contribution is -0.145. The van der Waals surface area contributed by atoms with E-state index >= 15 is 0 Å². The summed E-state index contributed by atoms with van der Waals surface area (Å²) in [6, 6.07) is 7.27. The lowest BCUT2D eigenvalue weighted by atomic mass is 10.0. The van der Waals surface area contributed by atoms with Crippen LogP contribution >= 0.6 is 23.1 Å². The second-order valence-electron chi connectivity index (χ2n) is 5.51. The Morgan fingerprint density at radius 2 is 2.09 bits per heavy atom. The van der Waals surface area contributed by atoms with Crippen LogP contribution in [0.2, 0.25) is 0 Å². The first-order chi connectivity index (χ1) is 11.0. The van der Waals surface area contributed by atoms with Gasteiger partial charge in [0.25, 0.3) is 0 Å². The van der Waals surface area contributed by atoms with Gasteiger partial charge in [-0.25, -0.2) is 9.78 Å². The Morgan fingerprint density at radius 3 is 2.74 bits per heavy atom. The van der Waals surface area contributed by atoms with Gasteiger partial charge in [0, 0.05) is 0 Å². The van der Waals surface area contributed by atoms with Gasteiger partial charge in [-0.2, -0.15) is 0 Å². The average molecular weight is 352 g/mol. The third-order valence-corrected chi connectivity index (χ3v) is 5.31. The average Bonchev–Trinajstić information content (AvgIpc) is 2.94. The van der Waals surface area contributed by atoms with Crippen LogP contribution in [0.5, 0.6) is 0 Å². The monoisotopic (exact) mass is 352 g/mol. The molecular weight excluding hydrogens is 332 g/mol. The van der Waals surface area contributed by atoms with E-state index < -0.39 is 12.0 Å². The number of methoxy groups -OCH3 is 1. The van der Waals surface area contributed by atoms with Gasteiger partial charge in [0.1, 0.15) is 6.04 Å². The molecule has 1 amide bonds. The van der Waals surface area contributed by atoms with Crippen molar-refractivity contribution in [2.75, 3.05) is 12.9 Å². The molecule has 2 rings (SSSR count). The Morgan fingerprint density at radius 1 is 1.35 bits per heavy atom. The van der Waals surface area contributed by atoms with Crippen molar-refractivity contribution >= 4 is 45.2 Å². The number of hydrogen-bond acceptors (Lipinski definition) is 6. The van der Waals surface area contributed by atoms with E-state index in [-0.39, 0.29) is 17.6 Å². The SMILES string of the molecule is COC(=O)C(CC(C)C)NC(=O)CSc1nc2ccccc2s1. The number of ether oxygens (including phenoxy) is 1. The fraction of sp³-hybridized carbons (Fsp3) is 0.438. The van der Waals surface area contributed by atoms with E-state index in [2.05, 4.69) is 10.3 Å². The summed E-state index contributed by atoms with van der Waals surface area (Å²) in [6.45, 7) is 4.00. The standard InChI is InChI=1S/C16H20N2O3S2/c1-10(2)8-12(15(20)21-3)17-14(19)9-22-16-18-11-6-4-5-7-13(11)23-16/h4-7,10,12H,8-9H2,1-3H3,(H,17,19). The molecule has 1 atom stereocenters. The molecule has 124 valence electrons. The highest BCUT2D eigenvalue weighted by atomic mass is 32.2. The fourth-order valence-electron chi connectivity index (χ4n) is 2.10. The summed E-state index contributed by atoms with van der Waals surface area (Å²) in [7, 11) is 1.33. The maximum Gasteiger partial charge on any atom is 0.328 e. The molecule has 1 heterocycles. The van der Waals surface area contributed by atoms with Crippen molar-refractivity contribution in [3.05, 3.63) is 24.3 Å². The molecule has 1 aromatic carbocycles. The molecule has 23 heavy (non-hydrogen) atoms. The van der Waals surface area contributed by atoms with Gasteiger partial charge < -0.3 is 10.1 Å². The fourth-order valence-corrected chi connectivity index (χ4v) is 3.98. The molecule has 0 saturated heterocycles. The van der Waals surface area contributed by atoms with Crippen molar-refractivity contribution in [2.24, 2.45) is 5.92 Å². The second kappa shape index (κ2) is 8.31. The van der Waals surface area contributed by atoms with E-state index in [0.29, 0.717) is 6.42 Å². The number of amides is 1. The minimum atomic E-state index is -0.594. The number of nitrogens with zero attached hydrogens (tertiary/aromatic N) is 1. The zero-order valence-corrected chi connectivity index (χ0v) is 15.0. The van der Waals surface area contributed by atoms with Gasteiger partial charge in [-0.3, -0.25) is 4.79 Å². The predicted molar refractivity (Wildman–Crippen MR) is 93.7 cm³/mol. The third kappa shape index (κ3) is 5.21. The third-order valence-electron chi connectivity index (χ3n) is 3.13. The summed E-state index contributed by atoms with van der Waals surface area (Å²) >= 11 is 2.94. The zero-order chi connectivity index (χ0) is 16.8. The highest BCUT2D eigenvalue weighted by molar-refractivity contribution is 8.01. The summed E-state index contributed by atoms with van der Waals surface area (Å²) in [6.07, 6.45) is 0.560. The van der Waals surface area contributed by atoms with E-state index in [0.717, 1.165) is 14.6 Å². The number of benzene rings is 1. The number of carbonyl (C=O) groups excluding carboxylic acids is 2. The van der Waals surface area contributed by atoms with Crippen LogP contribution in [0, 0.1) is 5.92 Å². The van der Waals surface area contributed by atoms with Gasteiger partial charge in [-0.05, 0) is 24.5 Å². The van der Waals surface area contributed by atoms with Crippen molar-refractivity contribution in [3.8, 4) is 0 Å². The Kier molecular flexibility index (Phi) is 6.41. The van der Waals surface area contributed by atoms with E-state index in [9.17, 15) is 9.59 Å². The molecule has 2 aromatic rings. The van der Waals surface area contributed by atoms with E-state index in [1.165, 1.54) is 18.9 Å². The van der Waals surface area contributed by atoms with Crippen molar-refractivity contribution in [3.63, 3.8) is 0 Å². The first-order valence-electron chi connectivity index (χ1n) is 7.35. The molecule has 0 bridgehead atoms. The van der Waals surface area contributed by atoms with Crippen molar-refractivity contribution < 1.29 is 14.3 Å². The van der Waals surface area contributed by atoms with Crippen LogP contribution in [0.3, 0.4) is 0 Å². The van der Waals surface area contributed by atoms with Gasteiger partial charge in [0.2, 0.25) is 5.91 Å². The summed E-state index contributed by atoms with van der Waals surface area (Å²) in [4.78, 5) is 28.3. The summed E-state index contributed by atoms with van der Waals surface area (Å²) < 4.78 is 6.69. The number of hydrogen-bond donors (Lipinski definition) is 1. The quantitative estimate of drug-likeness (QED) is 0.612. The molecule has 5 nitrogen and oxygen atoms in total. The van der Waals surface area contributed by atoms with Gasteiger partial charge >= 0.3 is 5.97 Å². The van der Waals surface area contributed by atoms with Crippen LogP contribution in [-0.4, -0.2) is 35.8 Å². The highest BCUT2D eigenvalue weighted by Crippen LogP contribution is 2.29. The Bertz CT molecular complexity index is 652. The topological polar surface area (TPSA) is 68.3 Å². The Balaban J connectivity index is 1.91. The van der Waals surface area contributed by atoms with Gasteiger partial charge in [-0.15, -0.1) is 11.3 Å². The molecule has 0 aliphatic rings. The number of fused-ring (bicyclic) bond motifs is 1. The van der Waals surface area contributed by atoms with Crippen LogP contribution in [0.25, 0.3) is 10.2 Å². The molecule has 0 spiro atoms. The minimum Gasteiger partial charge on any atom is -0.467 e. The highest BCUT2D eigenvalue weighted by Gasteiger charge is 2.22. The van der Waals surface area contributed by atoms with E-state index in [4.69, 9.17) is 4.74 Å². The first-order valence-corrected chi connectivity index (χ1v) is 9.15. The number of rotatable bonds is 7. The summed E-state index contributed by atoms with van der Waals surface area (Å²) in [5, 5.41) is 2.75. The van der Waals surface area contributed by atoms with Gasteiger partial charge in [0.15, 0.2) is 4.34 Å². The van der Waals surface area contributed by atoms with Gasteiger partial charge in [0.05, 0.1) is 23.1 Å². The minimum absolute atomic E-state index is 0.190. The molecule has 0 aliphatic carbocycles. The lowest BCUT2D eigenvalue weighted by Crippen LogP contribution is -2.43. The van der Waals surface area contributed by atoms with Crippen molar-refractivity contribution in [1.29, 1.82) is 0 Å². The van der Waals surface area contributed by atoms with Crippen molar-refractivity contribution in [1.82, 2.24) is 10.3 Å². The number of thiazole rings is 1. The number of carbonyl (C=O) groups is 2. The molecule has 0 aliphatic heterocycles. The Hall–Kier alpha value is -1.60. The van der Waals surface area contributed by atoms with E-state index in [1.807, 2.05) is 38.1 Å². The van der Waals surface area contributed by atoms with Crippen molar-refractivity contribution in [2.45, 2.75) is 30.6 Å². The first kappa shape index (κ1) is 17.7. The smallest absolute Gasteiger partial charge is 0.328 e. The molecule has 0 fully saturated rings. The lowest BCUT2D eigenvalue weighted by Gasteiger charge is -2.18. The summed E-state index contributed by atoms with van der Waals surface area (Å²) in [5.41, 5.74) is 0.938.